The van der Waals surface area contributed by atoms with Gasteiger partial charge in [-0.15, -0.1) is 0 Å². The molecule has 0 bridgehead atoms. The van der Waals surface area contributed by atoms with E-state index in [1.54, 1.807) is 7.11 Å². The van der Waals surface area contributed by atoms with Crippen molar-refractivity contribution in [1.29, 1.82) is 0 Å². The van der Waals surface area contributed by atoms with E-state index in [0.29, 0.717) is 0 Å². The second-order valence-electron chi connectivity index (χ2n) is 3.71. The van der Waals surface area contributed by atoms with Crippen molar-refractivity contribution in [3.63, 3.8) is 0 Å². The van der Waals surface area contributed by atoms with Crippen molar-refractivity contribution in [2.24, 2.45) is 0 Å². The fraction of sp³-hybridized carbons (Fsp3) is 0.500. The van der Waals surface area contributed by atoms with Crippen molar-refractivity contribution in [2.45, 2.75) is 12.8 Å². The molecule has 1 heterocycles. The number of ether oxygens (including phenoxy) is 1. The third kappa shape index (κ3) is 3.14. The summed E-state index contributed by atoms with van der Waals surface area (Å²) in [7, 11) is 1.70. The third-order valence-electron chi connectivity index (χ3n) is 2.63. The van der Waals surface area contributed by atoms with Gasteiger partial charge in [-0.1, -0.05) is 24.1 Å². The molecule has 0 atom stereocenters. The Morgan fingerprint density at radius 2 is 2.13 bits per heavy atom. The summed E-state index contributed by atoms with van der Waals surface area (Å²) in [4.78, 5) is 0. The van der Waals surface area contributed by atoms with Crippen LogP contribution in [0.2, 0.25) is 0 Å². The molecule has 1 aliphatic rings. The van der Waals surface area contributed by atoms with Gasteiger partial charge in [0.25, 0.3) is 0 Å². The molecular weight excluding hydrogens is 206 g/mol. The van der Waals surface area contributed by atoms with E-state index in [1.807, 2.05) is 24.1 Å². The minimum atomic E-state index is 0.939. The first-order chi connectivity index (χ1) is 7.38. The van der Waals surface area contributed by atoms with Gasteiger partial charge in [-0.3, -0.25) is 4.31 Å². The Kier molecular flexibility index (Phi) is 3.92. The zero-order chi connectivity index (χ0) is 10.5. The highest BCUT2D eigenvalue weighted by molar-refractivity contribution is 7.97. The number of nitrogens with zero attached hydrogens (tertiary/aromatic N) is 1. The van der Waals surface area contributed by atoms with Gasteiger partial charge in [0.1, 0.15) is 5.75 Å². The predicted molar refractivity (Wildman–Crippen MR) is 65.3 cm³/mol. The predicted octanol–water partition coefficient (Wildman–Crippen LogP) is 2.59. The van der Waals surface area contributed by atoms with Gasteiger partial charge in [0, 0.05) is 18.8 Å². The van der Waals surface area contributed by atoms with Gasteiger partial charge in [0.05, 0.1) is 7.11 Å². The molecule has 1 saturated heterocycles. The van der Waals surface area contributed by atoms with Crippen molar-refractivity contribution in [1.82, 2.24) is 4.31 Å². The van der Waals surface area contributed by atoms with Crippen LogP contribution in [0.15, 0.2) is 24.3 Å². The second kappa shape index (κ2) is 5.42. The molecular formula is C12H17NOS. The average Bonchev–Trinajstić information content (AvgIpc) is 2.80. The molecule has 0 spiro atoms. The number of hydrogen-bond acceptors (Lipinski definition) is 3. The lowest BCUT2D eigenvalue weighted by molar-refractivity contribution is 0.414. The van der Waals surface area contributed by atoms with Gasteiger partial charge >= 0.3 is 0 Å². The molecule has 82 valence electrons. The standard InChI is InChI=1S/C12H17NOS/c1-14-12-5-3-11(4-6-12)7-9-13-8-2-10-15-13/h3-6H,2,7-10H2,1H3. The molecule has 0 unspecified atom stereocenters. The minimum absolute atomic E-state index is 0.939. The largest absolute Gasteiger partial charge is 0.497 e. The Bertz CT molecular complexity index is 293. The number of hydrogen-bond donors (Lipinski definition) is 0. The second-order valence-corrected chi connectivity index (χ2v) is 4.90. The van der Waals surface area contributed by atoms with Gasteiger partial charge in [-0.25, -0.2) is 0 Å². The molecule has 1 aromatic carbocycles. The van der Waals surface area contributed by atoms with Crippen LogP contribution in [0.5, 0.6) is 5.75 Å². The molecule has 0 aromatic heterocycles. The summed E-state index contributed by atoms with van der Waals surface area (Å²) in [6, 6.07) is 8.37. The molecule has 0 radical (unpaired) electrons. The van der Waals surface area contributed by atoms with Crippen LogP contribution in [0.4, 0.5) is 0 Å². The van der Waals surface area contributed by atoms with Crippen molar-refractivity contribution in [2.75, 3.05) is 26.0 Å². The van der Waals surface area contributed by atoms with Crippen LogP contribution in [0.25, 0.3) is 0 Å². The Labute approximate surface area is 95.7 Å². The molecule has 2 nitrogen and oxygen atoms in total. The van der Waals surface area contributed by atoms with Crippen LogP contribution in [-0.2, 0) is 6.42 Å². The topological polar surface area (TPSA) is 12.5 Å². The number of rotatable bonds is 4. The van der Waals surface area contributed by atoms with Crippen LogP contribution in [0.1, 0.15) is 12.0 Å². The Balaban J connectivity index is 1.82. The van der Waals surface area contributed by atoms with E-state index < -0.39 is 0 Å². The van der Waals surface area contributed by atoms with Gasteiger partial charge in [0.15, 0.2) is 0 Å². The fourth-order valence-electron chi connectivity index (χ4n) is 1.72. The summed E-state index contributed by atoms with van der Waals surface area (Å²) in [5.41, 5.74) is 1.39. The van der Waals surface area contributed by atoms with E-state index in [2.05, 4.69) is 16.4 Å². The van der Waals surface area contributed by atoms with Crippen LogP contribution in [0.3, 0.4) is 0 Å². The lowest BCUT2D eigenvalue weighted by Gasteiger charge is -2.12. The summed E-state index contributed by atoms with van der Waals surface area (Å²) < 4.78 is 7.60. The average molecular weight is 223 g/mol. The van der Waals surface area contributed by atoms with Crippen molar-refractivity contribution in [3.05, 3.63) is 29.8 Å². The maximum Gasteiger partial charge on any atom is 0.118 e. The molecule has 0 aliphatic carbocycles. The summed E-state index contributed by atoms with van der Waals surface area (Å²) in [6.45, 7) is 2.41. The van der Waals surface area contributed by atoms with Gasteiger partial charge in [0.2, 0.25) is 0 Å². The molecule has 0 saturated carbocycles. The van der Waals surface area contributed by atoms with Crippen LogP contribution in [0, 0.1) is 0 Å². The first kappa shape index (κ1) is 10.8. The summed E-state index contributed by atoms with van der Waals surface area (Å²) in [5.74, 6) is 2.23. The maximum absolute atomic E-state index is 5.13. The molecule has 1 fully saturated rings. The normalized spacial score (nSPS) is 16.9. The summed E-state index contributed by atoms with van der Waals surface area (Å²) in [5, 5.41) is 0. The van der Waals surface area contributed by atoms with Crippen molar-refractivity contribution >= 4 is 11.9 Å². The van der Waals surface area contributed by atoms with Crippen LogP contribution >= 0.6 is 11.9 Å². The third-order valence-corrected chi connectivity index (χ3v) is 3.84. The van der Waals surface area contributed by atoms with Crippen molar-refractivity contribution < 1.29 is 4.74 Å². The maximum atomic E-state index is 5.13. The summed E-state index contributed by atoms with van der Waals surface area (Å²) in [6.07, 6.45) is 2.48. The van der Waals surface area contributed by atoms with E-state index >= 15 is 0 Å². The zero-order valence-electron chi connectivity index (χ0n) is 9.11. The fourth-order valence-corrected chi connectivity index (χ4v) is 2.72. The zero-order valence-corrected chi connectivity index (χ0v) is 9.93. The smallest absolute Gasteiger partial charge is 0.118 e. The minimum Gasteiger partial charge on any atom is -0.497 e. The number of benzene rings is 1. The highest BCUT2D eigenvalue weighted by Gasteiger charge is 2.11. The molecule has 15 heavy (non-hydrogen) atoms. The highest BCUT2D eigenvalue weighted by Crippen LogP contribution is 2.20. The first-order valence-electron chi connectivity index (χ1n) is 5.39. The van der Waals surface area contributed by atoms with E-state index in [4.69, 9.17) is 4.74 Å². The van der Waals surface area contributed by atoms with Gasteiger partial charge < -0.3 is 4.74 Å². The number of methoxy groups -OCH3 is 1. The van der Waals surface area contributed by atoms with Crippen molar-refractivity contribution in [3.8, 4) is 5.75 Å². The molecule has 3 heteroatoms. The van der Waals surface area contributed by atoms with Gasteiger partial charge in [-0.2, -0.15) is 0 Å². The molecule has 0 N–H and O–H groups in total. The quantitative estimate of drug-likeness (QED) is 0.728. The molecule has 0 amide bonds. The monoisotopic (exact) mass is 223 g/mol. The van der Waals surface area contributed by atoms with Crippen LogP contribution in [-0.4, -0.2) is 30.3 Å². The van der Waals surface area contributed by atoms with E-state index in [1.165, 1.54) is 24.3 Å². The Hall–Kier alpha value is -0.670. The Morgan fingerprint density at radius 1 is 1.33 bits per heavy atom. The first-order valence-corrected chi connectivity index (χ1v) is 6.33. The van der Waals surface area contributed by atoms with E-state index in [-0.39, 0.29) is 0 Å². The SMILES string of the molecule is COc1ccc(CCN2CCCS2)cc1. The highest BCUT2D eigenvalue weighted by atomic mass is 32.2. The molecule has 1 aromatic rings. The summed E-state index contributed by atoms with van der Waals surface area (Å²) >= 11 is 1.98. The molecule has 2 rings (SSSR count). The Morgan fingerprint density at radius 3 is 2.73 bits per heavy atom. The van der Waals surface area contributed by atoms with Crippen LogP contribution < -0.4 is 4.74 Å². The van der Waals surface area contributed by atoms with E-state index in [0.717, 1.165) is 18.7 Å². The lowest BCUT2D eigenvalue weighted by atomic mass is 10.1. The van der Waals surface area contributed by atoms with Gasteiger partial charge in [-0.05, 0) is 30.5 Å². The lowest BCUT2D eigenvalue weighted by Crippen LogP contribution is -2.14. The van der Waals surface area contributed by atoms with E-state index in [9.17, 15) is 0 Å². The molecule has 1 aliphatic heterocycles.